The molecule has 0 saturated carbocycles. The highest BCUT2D eigenvalue weighted by molar-refractivity contribution is 5.59. The molecular formula is C15H13F2N5. The molecule has 3 aromatic heterocycles. The van der Waals surface area contributed by atoms with Crippen LogP contribution in [0.15, 0.2) is 48.9 Å². The first-order chi connectivity index (χ1) is 10.4. The second kappa shape index (κ2) is 5.18. The van der Waals surface area contributed by atoms with E-state index < -0.39 is 5.92 Å². The van der Waals surface area contributed by atoms with Gasteiger partial charge in [-0.2, -0.15) is 13.9 Å². The van der Waals surface area contributed by atoms with Crippen LogP contribution in [-0.4, -0.2) is 19.7 Å². The van der Waals surface area contributed by atoms with E-state index in [1.165, 1.54) is 12.3 Å². The molecule has 0 saturated heterocycles. The predicted molar refractivity (Wildman–Crippen MR) is 78.6 cm³/mol. The van der Waals surface area contributed by atoms with Crippen molar-refractivity contribution >= 4 is 5.69 Å². The van der Waals surface area contributed by atoms with Crippen molar-refractivity contribution in [1.82, 2.24) is 19.7 Å². The molecule has 5 nitrogen and oxygen atoms in total. The van der Waals surface area contributed by atoms with Crippen LogP contribution in [0.3, 0.4) is 0 Å². The lowest BCUT2D eigenvalue weighted by atomic mass is 10.2. The predicted octanol–water partition coefficient (Wildman–Crippen LogP) is 3.02. The fourth-order valence-corrected chi connectivity index (χ4v) is 2.05. The average Bonchev–Trinajstić information content (AvgIpc) is 2.94. The summed E-state index contributed by atoms with van der Waals surface area (Å²) in [6.07, 6.45) is 4.58. The summed E-state index contributed by atoms with van der Waals surface area (Å²) in [6, 6.07) is 7.96. The number of halogens is 2. The molecule has 3 rings (SSSR count). The van der Waals surface area contributed by atoms with Gasteiger partial charge in [0.05, 0.1) is 17.6 Å². The fraction of sp³-hybridized carbons (Fsp3) is 0.133. The number of pyridine rings is 2. The van der Waals surface area contributed by atoms with Crippen LogP contribution in [0, 0.1) is 0 Å². The van der Waals surface area contributed by atoms with Crippen molar-refractivity contribution < 1.29 is 8.78 Å². The van der Waals surface area contributed by atoms with E-state index in [-0.39, 0.29) is 11.5 Å². The quantitative estimate of drug-likeness (QED) is 0.807. The first-order valence-electron chi connectivity index (χ1n) is 6.56. The second-order valence-corrected chi connectivity index (χ2v) is 4.91. The monoisotopic (exact) mass is 301 g/mol. The van der Waals surface area contributed by atoms with Gasteiger partial charge in [-0.1, -0.05) is 0 Å². The lowest BCUT2D eigenvalue weighted by molar-refractivity contribution is 0.0101. The molecule has 0 atom stereocenters. The largest absolute Gasteiger partial charge is 0.397 e. The fourth-order valence-electron chi connectivity index (χ4n) is 2.05. The third kappa shape index (κ3) is 2.65. The minimum atomic E-state index is -3.06. The molecule has 2 N–H and O–H groups in total. The molecule has 0 aliphatic carbocycles. The van der Waals surface area contributed by atoms with Gasteiger partial charge in [0.15, 0.2) is 5.82 Å². The van der Waals surface area contributed by atoms with Gasteiger partial charge in [0.1, 0.15) is 5.69 Å². The van der Waals surface area contributed by atoms with Crippen molar-refractivity contribution in [3.63, 3.8) is 0 Å². The second-order valence-electron chi connectivity index (χ2n) is 4.91. The zero-order valence-electron chi connectivity index (χ0n) is 11.7. The van der Waals surface area contributed by atoms with E-state index in [1.807, 2.05) is 0 Å². The number of nitrogens with zero attached hydrogens (tertiary/aromatic N) is 4. The number of aromatic nitrogens is 4. The highest BCUT2D eigenvalue weighted by atomic mass is 19.3. The Bertz CT molecular complexity index is 776. The molecule has 7 heteroatoms. The van der Waals surface area contributed by atoms with Crippen molar-refractivity contribution in [1.29, 1.82) is 0 Å². The van der Waals surface area contributed by atoms with Gasteiger partial charge in [0.2, 0.25) is 0 Å². The van der Waals surface area contributed by atoms with Gasteiger partial charge < -0.3 is 5.73 Å². The van der Waals surface area contributed by atoms with Crippen LogP contribution in [0.5, 0.6) is 0 Å². The summed E-state index contributed by atoms with van der Waals surface area (Å²) in [6.45, 7) is 0.824. The van der Waals surface area contributed by atoms with E-state index in [0.29, 0.717) is 16.9 Å². The summed E-state index contributed by atoms with van der Waals surface area (Å²) in [5.41, 5.74) is 6.84. The summed E-state index contributed by atoms with van der Waals surface area (Å²) in [5, 5.41) is 4.24. The lowest BCUT2D eigenvalue weighted by Gasteiger charge is -2.12. The van der Waals surface area contributed by atoms with Gasteiger partial charge in [-0.25, -0.2) is 9.67 Å². The van der Waals surface area contributed by atoms with Gasteiger partial charge in [-0.05, 0) is 30.3 Å². The summed E-state index contributed by atoms with van der Waals surface area (Å²) >= 11 is 0. The zero-order chi connectivity index (χ0) is 15.7. The third-order valence-corrected chi connectivity index (χ3v) is 3.10. The van der Waals surface area contributed by atoms with E-state index in [4.69, 9.17) is 5.73 Å². The van der Waals surface area contributed by atoms with Gasteiger partial charge in [0.25, 0.3) is 5.92 Å². The van der Waals surface area contributed by atoms with E-state index in [1.54, 1.807) is 36.7 Å². The first kappa shape index (κ1) is 14.1. The first-order valence-corrected chi connectivity index (χ1v) is 6.56. The number of rotatable bonds is 3. The normalized spacial score (nSPS) is 11.6. The zero-order valence-corrected chi connectivity index (χ0v) is 11.7. The maximum atomic E-state index is 13.9. The van der Waals surface area contributed by atoms with Gasteiger partial charge in [-0.3, -0.25) is 4.98 Å². The Morgan fingerprint density at radius 3 is 2.59 bits per heavy atom. The van der Waals surface area contributed by atoms with Crippen LogP contribution >= 0.6 is 0 Å². The molecule has 0 fully saturated rings. The number of hydrogen-bond donors (Lipinski definition) is 1. The van der Waals surface area contributed by atoms with Crippen LogP contribution in [0.25, 0.3) is 17.1 Å². The Hall–Kier alpha value is -2.83. The minimum absolute atomic E-state index is 0.247. The highest BCUT2D eigenvalue weighted by Gasteiger charge is 2.31. The lowest BCUT2D eigenvalue weighted by Crippen LogP contribution is -2.15. The molecule has 0 aromatic carbocycles. The molecule has 0 radical (unpaired) electrons. The van der Waals surface area contributed by atoms with Crippen LogP contribution in [-0.2, 0) is 5.92 Å². The molecule has 0 aliphatic rings. The van der Waals surface area contributed by atoms with Gasteiger partial charge >= 0.3 is 0 Å². The summed E-state index contributed by atoms with van der Waals surface area (Å²) in [5.74, 6) is -2.78. The topological polar surface area (TPSA) is 69.6 Å². The number of nitrogen functional groups attached to an aromatic ring is 1. The van der Waals surface area contributed by atoms with Crippen LogP contribution in [0.1, 0.15) is 12.6 Å². The smallest absolute Gasteiger partial charge is 0.287 e. The van der Waals surface area contributed by atoms with Crippen molar-refractivity contribution in [3.8, 4) is 17.1 Å². The van der Waals surface area contributed by atoms with E-state index in [0.717, 1.165) is 11.6 Å². The van der Waals surface area contributed by atoms with Crippen molar-refractivity contribution in [3.05, 3.63) is 54.6 Å². The van der Waals surface area contributed by atoms with Crippen LogP contribution in [0.4, 0.5) is 14.5 Å². The standard InChI is InChI=1S/C15H13F2N5/c1-15(16,17)13-7-12(10-3-2-6-19-8-10)21-22(13)14-5-4-11(18)9-20-14/h2-9H,18H2,1H3. The maximum Gasteiger partial charge on any atom is 0.287 e. The van der Waals surface area contributed by atoms with Crippen LogP contribution in [0.2, 0.25) is 0 Å². The molecule has 3 aromatic rings. The number of alkyl halides is 2. The summed E-state index contributed by atoms with van der Waals surface area (Å²) < 4.78 is 28.9. The van der Waals surface area contributed by atoms with Crippen LogP contribution < -0.4 is 5.73 Å². The molecule has 22 heavy (non-hydrogen) atoms. The van der Waals surface area contributed by atoms with E-state index >= 15 is 0 Å². The molecule has 0 spiro atoms. The summed E-state index contributed by atoms with van der Waals surface area (Å²) in [7, 11) is 0. The molecule has 0 unspecified atom stereocenters. The summed E-state index contributed by atoms with van der Waals surface area (Å²) in [4.78, 5) is 8.03. The third-order valence-electron chi connectivity index (χ3n) is 3.10. The molecular weight excluding hydrogens is 288 g/mol. The van der Waals surface area contributed by atoms with Gasteiger partial charge in [0, 0.05) is 24.9 Å². The van der Waals surface area contributed by atoms with Crippen molar-refractivity contribution in [2.75, 3.05) is 5.73 Å². The molecule has 112 valence electrons. The Kier molecular flexibility index (Phi) is 3.32. The average molecular weight is 301 g/mol. The Balaban J connectivity index is 2.16. The SMILES string of the molecule is CC(F)(F)c1cc(-c2cccnc2)nn1-c1ccc(N)cn1. The Morgan fingerprint density at radius 2 is 2.00 bits per heavy atom. The number of hydrogen-bond acceptors (Lipinski definition) is 4. The molecule has 0 aliphatic heterocycles. The Labute approximate surface area is 125 Å². The maximum absolute atomic E-state index is 13.9. The number of anilines is 1. The van der Waals surface area contributed by atoms with Crippen molar-refractivity contribution in [2.24, 2.45) is 0 Å². The minimum Gasteiger partial charge on any atom is -0.397 e. The van der Waals surface area contributed by atoms with E-state index in [9.17, 15) is 8.78 Å². The molecule has 0 amide bonds. The van der Waals surface area contributed by atoms with Crippen molar-refractivity contribution in [2.45, 2.75) is 12.8 Å². The highest BCUT2D eigenvalue weighted by Crippen LogP contribution is 2.31. The van der Waals surface area contributed by atoms with E-state index in [2.05, 4.69) is 15.1 Å². The molecule has 3 heterocycles. The Morgan fingerprint density at radius 1 is 1.18 bits per heavy atom. The number of nitrogens with two attached hydrogens (primary N) is 1. The van der Waals surface area contributed by atoms with Gasteiger partial charge in [-0.15, -0.1) is 0 Å². The molecule has 0 bridgehead atoms.